The van der Waals surface area contributed by atoms with Gasteiger partial charge in [-0.05, 0) is 5.92 Å². The van der Waals surface area contributed by atoms with Crippen LogP contribution in [0.25, 0.3) is 0 Å². The van der Waals surface area contributed by atoms with Gasteiger partial charge in [0.2, 0.25) is 0 Å². The third-order valence-corrected chi connectivity index (χ3v) is 2.79. The first-order valence-electron chi connectivity index (χ1n) is 7.35. The SMILES string of the molecule is [CH2-]CO.[CH2-]COC[CH-]CCCC(CCC)CCC.[CH3-].[Ni]. The maximum Gasteiger partial charge on any atom is 0 e. The minimum atomic E-state index is 0. The Morgan fingerprint density at radius 2 is 1.60 bits per heavy atom. The van der Waals surface area contributed by atoms with Gasteiger partial charge < -0.3 is 37.5 Å². The van der Waals surface area contributed by atoms with Crippen LogP contribution in [0.4, 0.5) is 0 Å². The van der Waals surface area contributed by atoms with Crippen LogP contribution >= 0.6 is 0 Å². The maximum absolute atomic E-state index is 7.46. The summed E-state index contributed by atoms with van der Waals surface area (Å²) >= 11 is 0. The topological polar surface area (TPSA) is 29.5 Å². The Labute approximate surface area is 139 Å². The Hall–Kier alpha value is 0.414. The summed E-state index contributed by atoms with van der Waals surface area (Å²) in [5.41, 5.74) is 0. The second-order valence-electron chi connectivity index (χ2n) is 4.46. The van der Waals surface area contributed by atoms with Crippen molar-refractivity contribution in [2.24, 2.45) is 5.92 Å². The van der Waals surface area contributed by atoms with Gasteiger partial charge >= 0.3 is 0 Å². The Bertz CT molecular complexity index is 126. The van der Waals surface area contributed by atoms with Crippen LogP contribution in [-0.2, 0) is 21.2 Å². The molecule has 20 heavy (non-hydrogen) atoms. The van der Waals surface area contributed by atoms with Crippen molar-refractivity contribution in [1.29, 1.82) is 0 Å². The molecule has 0 amide bonds. The monoisotopic (exact) mass is 330 g/mol. The fourth-order valence-electron chi connectivity index (χ4n) is 2.05. The summed E-state index contributed by atoms with van der Waals surface area (Å²) in [6.45, 7) is 12.6. The molecule has 1 N–H and O–H groups in total. The first-order chi connectivity index (χ1) is 8.76. The predicted molar refractivity (Wildman–Crippen MR) is 86.5 cm³/mol. The summed E-state index contributed by atoms with van der Waals surface area (Å²) in [6.07, 6.45) is 11.6. The molecule has 0 aliphatic carbocycles. The van der Waals surface area contributed by atoms with Gasteiger partial charge in [0.1, 0.15) is 0 Å². The molecule has 0 aromatic heterocycles. The van der Waals surface area contributed by atoms with Gasteiger partial charge in [-0.15, -0.1) is 0 Å². The number of ether oxygens (including phenoxy) is 1. The Morgan fingerprint density at radius 3 is 2.00 bits per heavy atom. The largest absolute Gasteiger partial charge is 0.445 e. The van der Waals surface area contributed by atoms with E-state index in [-0.39, 0.29) is 30.5 Å². The minimum Gasteiger partial charge on any atom is -0.445 e. The zero-order chi connectivity index (χ0) is 14.1. The van der Waals surface area contributed by atoms with Crippen LogP contribution in [0.3, 0.4) is 0 Å². The van der Waals surface area contributed by atoms with E-state index in [4.69, 9.17) is 9.84 Å². The summed E-state index contributed by atoms with van der Waals surface area (Å²) in [7, 11) is 0. The molecular weight excluding hydrogens is 295 g/mol. The Morgan fingerprint density at radius 1 is 1.10 bits per heavy atom. The summed E-state index contributed by atoms with van der Waals surface area (Å²) < 4.78 is 5.17. The molecule has 0 aromatic carbocycles. The van der Waals surface area contributed by atoms with E-state index in [1.54, 1.807) is 0 Å². The molecule has 130 valence electrons. The molecule has 0 spiro atoms. The maximum atomic E-state index is 7.46. The standard InChI is InChI=1S/C14H28O.C2H5O.CH3.Ni/c1-4-10-14(11-5-2)12-8-7-9-13-15-6-3;1-2-3;;/h9,14H,3-8,10-13H2,1-2H3;3H,1-2H2;1H3;/q-2;2*-1;. The van der Waals surface area contributed by atoms with Gasteiger partial charge in [-0.3, -0.25) is 0 Å². The minimum absolute atomic E-state index is 0. The molecule has 0 aliphatic rings. The molecule has 0 aromatic rings. The average Bonchev–Trinajstić information content (AvgIpc) is 2.35. The smallest absolute Gasteiger partial charge is 0 e. The zero-order valence-electron chi connectivity index (χ0n) is 13.8. The second-order valence-corrected chi connectivity index (χ2v) is 4.46. The fourth-order valence-corrected chi connectivity index (χ4v) is 2.05. The quantitative estimate of drug-likeness (QED) is 0.338. The predicted octanol–water partition coefficient (Wildman–Crippen LogP) is 4.69. The zero-order valence-corrected chi connectivity index (χ0v) is 14.8. The van der Waals surface area contributed by atoms with E-state index in [2.05, 4.69) is 34.1 Å². The Kier molecular flexibility index (Phi) is 39.6. The third-order valence-electron chi connectivity index (χ3n) is 2.79. The number of hydrogen-bond donors (Lipinski definition) is 1. The van der Waals surface area contributed by atoms with Crippen LogP contribution in [-0.4, -0.2) is 24.9 Å². The van der Waals surface area contributed by atoms with Gasteiger partial charge in [-0.1, -0.05) is 72.2 Å². The molecule has 0 saturated heterocycles. The van der Waals surface area contributed by atoms with Gasteiger partial charge in [0, 0.05) is 16.5 Å². The third kappa shape index (κ3) is 26.9. The van der Waals surface area contributed by atoms with Crippen molar-refractivity contribution in [3.63, 3.8) is 0 Å². The molecule has 0 fully saturated rings. The van der Waals surface area contributed by atoms with Crippen molar-refractivity contribution in [2.75, 3.05) is 19.8 Å². The van der Waals surface area contributed by atoms with Crippen molar-refractivity contribution in [3.05, 3.63) is 27.7 Å². The molecule has 0 radical (unpaired) electrons. The van der Waals surface area contributed by atoms with Crippen LogP contribution in [0.1, 0.15) is 58.8 Å². The number of rotatable bonds is 11. The van der Waals surface area contributed by atoms with Crippen LogP contribution < -0.4 is 0 Å². The average molecular weight is 331 g/mol. The van der Waals surface area contributed by atoms with Crippen LogP contribution in [0.2, 0.25) is 0 Å². The molecule has 0 rings (SSSR count). The van der Waals surface area contributed by atoms with Gasteiger partial charge in [0.05, 0.1) is 0 Å². The van der Waals surface area contributed by atoms with Gasteiger partial charge in [-0.25, -0.2) is 0 Å². The molecular formula is C17H36NiO2-4. The van der Waals surface area contributed by atoms with E-state index < -0.39 is 0 Å². The first-order valence-corrected chi connectivity index (χ1v) is 7.35. The van der Waals surface area contributed by atoms with Crippen LogP contribution in [0.15, 0.2) is 0 Å². The summed E-state index contributed by atoms with van der Waals surface area (Å²) in [5, 5.41) is 7.46. The second kappa shape index (κ2) is 27.7. The van der Waals surface area contributed by atoms with Crippen molar-refractivity contribution >= 4 is 0 Å². The normalized spacial score (nSPS) is 9.30. The Balaban J connectivity index is -0.000000233. The molecule has 0 heterocycles. The van der Waals surface area contributed by atoms with Crippen LogP contribution in [0.5, 0.6) is 0 Å². The molecule has 0 unspecified atom stereocenters. The fraction of sp³-hybridized carbons (Fsp3) is 0.765. The van der Waals surface area contributed by atoms with Crippen molar-refractivity contribution < 1.29 is 26.3 Å². The van der Waals surface area contributed by atoms with Crippen molar-refractivity contribution in [3.8, 4) is 0 Å². The van der Waals surface area contributed by atoms with Gasteiger partial charge in [0.15, 0.2) is 0 Å². The van der Waals surface area contributed by atoms with E-state index in [1.165, 1.54) is 44.9 Å². The van der Waals surface area contributed by atoms with E-state index >= 15 is 0 Å². The summed E-state index contributed by atoms with van der Waals surface area (Å²) in [6, 6.07) is 0. The van der Waals surface area contributed by atoms with Crippen LogP contribution in [0, 0.1) is 33.6 Å². The first kappa shape index (κ1) is 28.6. The number of aliphatic hydroxyl groups is 1. The summed E-state index contributed by atoms with van der Waals surface area (Å²) in [5.74, 6) is 0.960. The van der Waals surface area contributed by atoms with Crippen molar-refractivity contribution in [1.82, 2.24) is 0 Å². The molecule has 2 nitrogen and oxygen atoms in total. The van der Waals surface area contributed by atoms with Crippen molar-refractivity contribution in [2.45, 2.75) is 58.8 Å². The van der Waals surface area contributed by atoms with E-state index in [0.717, 1.165) is 12.5 Å². The molecule has 3 heteroatoms. The van der Waals surface area contributed by atoms with E-state index in [0.29, 0.717) is 6.61 Å². The molecule has 0 atom stereocenters. The molecule has 0 saturated carbocycles. The number of unbranched alkanes of at least 4 members (excludes halogenated alkanes) is 2. The van der Waals surface area contributed by atoms with Gasteiger partial charge in [0.25, 0.3) is 0 Å². The summed E-state index contributed by atoms with van der Waals surface area (Å²) in [4.78, 5) is 0. The van der Waals surface area contributed by atoms with E-state index in [9.17, 15) is 0 Å². The molecule has 0 bridgehead atoms. The van der Waals surface area contributed by atoms with E-state index in [1.807, 2.05) is 0 Å². The molecule has 0 aliphatic heterocycles. The van der Waals surface area contributed by atoms with Gasteiger partial charge in [-0.2, -0.15) is 6.42 Å². The number of hydrogen-bond acceptors (Lipinski definition) is 2. The number of aliphatic hydroxyl groups excluding tert-OH is 1.